The number of anilines is 1. The molecule has 0 radical (unpaired) electrons. The third-order valence-corrected chi connectivity index (χ3v) is 3.82. The molecule has 0 aliphatic rings. The molecule has 2 rings (SSSR count). The van der Waals surface area contributed by atoms with Gasteiger partial charge in [-0.05, 0) is 24.5 Å². The van der Waals surface area contributed by atoms with E-state index in [1.165, 1.54) is 5.56 Å². The van der Waals surface area contributed by atoms with E-state index in [0.29, 0.717) is 5.92 Å². The van der Waals surface area contributed by atoms with Crippen molar-refractivity contribution in [2.75, 3.05) is 11.9 Å². The minimum Gasteiger partial charge on any atom is -0.370 e. The van der Waals surface area contributed by atoms with Crippen LogP contribution < -0.4 is 5.32 Å². The van der Waals surface area contributed by atoms with Gasteiger partial charge >= 0.3 is 0 Å². The number of nitrogens with zero attached hydrogens (tertiary/aromatic N) is 2. The van der Waals surface area contributed by atoms with Crippen LogP contribution in [-0.2, 0) is 6.42 Å². The highest BCUT2D eigenvalue weighted by atomic mass is 79.9. The Morgan fingerprint density at radius 3 is 2.60 bits per heavy atom. The smallest absolute Gasteiger partial charge is 0.135 e. The molecule has 1 heterocycles. The fourth-order valence-electron chi connectivity index (χ4n) is 1.98. The number of rotatable bonds is 5. The highest BCUT2D eigenvalue weighted by Crippen LogP contribution is 2.21. The van der Waals surface area contributed by atoms with E-state index in [2.05, 4.69) is 58.1 Å². The van der Waals surface area contributed by atoms with Gasteiger partial charge in [0.2, 0.25) is 0 Å². The highest BCUT2D eigenvalue weighted by molar-refractivity contribution is 9.10. The lowest BCUT2D eigenvalue weighted by atomic mass is 10.1. The molecule has 3 nitrogen and oxygen atoms in total. The first kappa shape index (κ1) is 15.0. The first-order valence-electron chi connectivity index (χ1n) is 6.95. The second kappa shape index (κ2) is 6.84. The van der Waals surface area contributed by atoms with Gasteiger partial charge in [-0.25, -0.2) is 9.97 Å². The van der Waals surface area contributed by atoms with E-state index in [-0.39, 0.29) is 0 Å². The van der Waals surface area contributed by atoms with E-state index in [1.54, 1.807) is 0 Å². The summed E-state index contributed by atoms with van der Waals surface area (Å²) in [6.07, 6.45) is 0.736. The average Bonchev–Trinajstić information content (AvgIpc) is 2.41. The summed E-state index contributed by atoms with van der Waals surface area (Å²) < 4.78 is 1.10. The minimum atomic E-state index is 0.397. The van der Waals surface area contributed by atoms with Gasteiger partial charge in [-0.1, -0.05) is 48.0 Å². The summed E-state index contributed by atoms with van der Waals surface area (Å²) in [5.41, 5.74) is 2.29. The van der Waals surface area contributed by atoms with Crippen molar-refractivity contribution >= 4 is 21.7 Å². The van der Waals surface area contributed by atoms with Crippen molar-refractivity contribution in [3.05, 3.63) is 51.9 Å². The molecule has 106 valence electrons. The Bertz CT molecular complexity index is 582. The van der Waals surface area contributed by atoms with Crippen LogP contribution in [0.2, 0.25) is 0 Å². The van der Waals surface area contributed by atoms with Crippen LogP contribution in [0.5, 0.6) is 0 Å². The van der Waals surface area contributed by atoms with Crippen LogP contribution in [0.4, 0.5) is 5.82 Å². The SMILES string of the molecule is CCNc1cc(C(C)C)nc(Cc2ccccc2Br)n1. The van der Waals surface area contributed by atoms with Gasteiger partial charge < -0.3 is 5.32 Å². The molecular weight excluding hydrogens is 314 g/mol. The molecular formula is C16H20BrN3. The first-order chi connectivity index (χ1) is 9.60. The molecule has 0 spiro atoms. The zero-order valence-electron chi connectivity index (χ0n) is 12.2. The summed E-state index contributed by atoms with van der Waals surface area (Å²) in [5.74, 6) is 2.17. The number of halogens is 1. The highest BCUT2D eigenvalue weighted by Gasteiger charge is 2.09. The van der Waals surface area contributed by atoms with Gasteiger partial charge in [0.25, 0.3) is 0 Å². The van der Waals surface area contributed by atoms with Crippen LogP contribution in [0, 0.1) is 0 Å². The molecule has 0 fully saturated rings. The maximum atomic E-state index is 4.68. The summed E-state index contributed by atoms with van der Waals surface area (Å²) in [6.45, 7) is 7.24. The quantitative estimate of drug-likeness (QED) is 0.881. The van der Waals surface area contributed by atoms with Crippen molar-refractivity contribution in [3.8, 4) is 0 Å². The Balaban J connectivity index is 2.33. The molecule has 0 aliphatic carbocycles. The zero-order chi connectivity index (χ0) is 14.5. The molecule has 1 N–H and O–H groups in total. The number of hydrogen-bond donors (Lipinski definition) is 1. The third-order valence-electron chi connectivity index (χ3n) is 3.05. The maximum Gasteiger partial charge on any atom is 0.135 e. The lowest BCUT2D eigenvalue weighted by Crippen LogP contribution is -2.07. The Kier molecular flexibility index (Phi) is 5.12. The monoisotopic (exact) mass is 333 g/mol. The second-order valence-corrected chi connectivity index (χ2v) is 5.90. The molecule has 0 aliphatic heterocycles. The van der Waals surface area contributed by atoms with E-state index in [4.69, 9.17) is 0 Å². The molecule has 2 aromatic rings. The normalized spacial score (nSPS) is 10.8. The van der Waals surface area contributed by atoms with E-state index in [1.807, 2.05) is 24.3 Å². The third kappa shape index (κ3) is 3.79. The predicted molar refractivity (Wildman–Crippen MR) is 87.2 cm³/mol. The van der Waals surface area contributed by atoms with Gasteiger partial charge in [-0.3, -0.25) is 0 Å². The largest absolute Gasteiger partial charge is 0.370 e. The van der Waals surface area contributed by atoms with Crippen LogP contribution in [0.3, 0.4) is 0 Å². The van der Waals surface area contributed by atoms with Crippen molar-refractivity contribution in [1.29, 1.82) is 0 Å². The molecule has 0 saturated carbocycles. The van der Waals surface area contributed by atoms with E-state index < -0.39 is 0 Å². The zero-order valence-corrected chi connectivity index (χ0v) is 13.7. The van der Waals surface area contributed by atoms with Crippen molar-refractivity contribution in [1.82, 2.24) is 9.97 Å². The van der Waals surface area contributed by atoms with Gasteiger partial charge in [0.15, 0.2) is 0 Å². The fourth-order valence-corrected chi connectivity index (χ4v) is 2.40. The first-order valence-corrected chi connectivity index (χ1v) is 7.74. The number of benzene rings is 1. The Labute approximate surface area is 129 Å². The van der Waals surface area contributed by atoms with Crippen molar-refractivity contribution in [2.45, 2.75) is 33.1 Å². The van der Waals surface area contributed by atoms with Crippen LogP contribution >= 0.6 is 15.9 Å². The van der Waals surface area contributed by atoms with Crippen LogP contribution in [-0.4, -0.2) is 16.5 Å². The van der Waals surface area contributed by atoms with Gasteiger partial charge in [0.05, 0.1) is 0 Å². The Morgan fingerprint density at radius 2 is 1.95 bits per heavy atom. The molecule has 0 bridgehead atoms. The van der Waals surface area contributed by atoms with Crippen molar-refractivity contribution in [2.24, 2.45) is 0 Å². The van der Waals surface area contributed by atoms with Crippen LogP contribution in [0.15, 0.2) is 34.8 Å². The van der Waals surface area contributed by atoms with E-state index in [9.17, 15) is 0 Å². The predicted octanol–water partition coefficient (Wildman–Crippen LogP) is 4.39. The maximum absolute atomic E-state index is 4.68. The van der Waals surface area contributed by atoms with Crippen LogP contribution in [0.1, 0.15) is 43.8 Å². The van der Waals surface area contributed by atoms with Gasteiger partial charge in [0, 0.05) is 29.2 Å². The Morgan fingerprint density at radius 1 is 1.20 bits per heavy atom. The molecule has 0 unspecified atom stereocenters. The summed E-state index contributed by atoms with van der Waals surface area (Å²) >= 11 is 3.58. The second-order valence-electron chi connectivity index (χ2n) is 5.05. The average molecular weight is 334 g/mol. The summed E-state index contributed by atoms with van der Waals surface area (Å²) in [6, 6.07) is 10.2. The van der Waals surface area contributed by atoms with Crippen molar-refractivity contribution < 1.29 is 0 Å². The van der Waals surface area contributed by atoms with Crippen molar-refractivity contribution in [3.63, 3.8) is 0 Å². The van der Waals surface area contributed by atoms with Gasteiger partial charge in [-0.15, -0.1) is 0 Å². The van der Waals surface area contributed by atoms with E-state index in [0.717, 1.165) is 34.8 Å². The number of hydrogen-bond acceptors (Lipinski definition) is 3. The molecule has 1 aromatic heterocycles. The topological polar surface area (TPSA) is 37.8 Å². The van der Waals surface area contributed by atoms with E-state index >= 15 is 0 Å². The van der Waals surface area contributed by atoms with Gasteiger partial charge in [0.1, 0.15) is 11.6 Å². The number of nitrogens with one attached hydrogen (secondary N) is 1. The standard InChI is InChI=1S/C16H20BrN3/c1-4-18-15-10-14(11(2)3)19-16(20-15)9-12-7-5-6-8-13(12)17/h5-8,10-11H,4,9H2,1-3H3,(H,18,19,20). The molecule has 0 saturated heterocycles. The lowest BCUT2D eigenvalue weighted by Gasteiger charge is -2.11. The molecule has 0 atom stereocenters. The Hall–Kier alpha value is -1.42. The minimum absolute atomic E-state index is 0.397. The fraction of sp³-hybridized carbons (Fsp3) is 0.375. The molecule has 4 heteroatoms. The molecule has 20 heavy (non-hydrogen) atoms. The van der Waals surface area contributed by atoms with Gasteiger partial charge in [-0.2, -0.15) is 0 Å². The molecule has 0 amide bonds. The summed E-state index contributed by atoms with van der Waals surface area (Å²) in [7, 11) is 0. The lowest BCUT2D eigenvalue weighted by molar-refractivity contribution is 0.791. The summed E-state index contributed by atoms with van der Waals surface area (Å²) in [4.78, 5) is 9.28. The summed E-state index contributed by atoms with van der Waals surface area (Å²) in [5, 5.41) is 3.28. The molecule has 1 aromatic carbocycles. The van der Waals surface area contributed by atoms with Crippen LogP contribution in [0.25, 0.3) is 0 Å². The number of aromatic nitrogens is 2.